The van der Waals surface area contributed by atoms with Gasteiger partial charge in [-0.05, 0) is 98.9 Å². The van der Waals surface area contributed by atoms with E-state index in [1.54, 1.807) is 30.6 Å². The number of hydrogen-bond donors (Lipinski definition) is 3. The molecule has 0 aromatic heterocycles. The Balaban J connectivity index is 0.000000142. The number of carbonyl (C=O) groups is 5. The third-order valence-electron chi connectivity index (χ3n) is 15.1. The van der Waals surface area contributed by atoms with Crippen LogP contribution in [0.25, 0.3) is 0 Å². The number of aliphatic carboxylic acids is 1. The molecule has 0 bridgehead atoms. The first-order valence-corrected chi connectivity index (χ1v) is 28.4. The maximum absolute atomic E-state index is 13.1. The fraction of sp³-hybridized carbons (Fsp3) is 0.532. The van der Waals surface area contributed by atoms with Gasteiger partial charge in [0.25, 0.3) is 0 Å². The highest BCUT2D eigenvalue weighted by Gasteiger charge is 2.40. The lowest BCUT2D eigenvalue weighted by atomic mass is 9.93. The van der Waals surface area contributed by atoms with E-state index < -0.39 is 41.4 Å². The van der Waals surface area contributed by atoms with Gasteiger partial charge in [0.1, 0.15) is 23.3 Å². The fourth-order valence-corrected chi connectivity index (χ4v) is 10.9. The molecular formula is C62H83N7O11. The lowest BCUT2D eigenvalue weighted by Crippen LogP contribution is -2.56. The van der Waals surface area contributed by atoms with Crippen molar-refractivity contribution in [3.8, 4) is 0 Å². The van der Waals surface area contributed by atoms with Crippen LogP contribution in [0.15, 0.2) is 97.1 Å². The highest BCUT2D eigenvalue weighted by molar-refractivity contribution is 5.87. The number of morpholine rings is 3. The summed E-state index contributed by atoms with van der Waals surface area (Å²) in [5, 5.41) is 16.3. The highest BCUT2D eigenvalue weighted by atomic mass is 16.6. The SMILES string of the molecule is CC(C)(C)OC(=O)N1Cc2ccccc2C[C@H]1C(=O)N1CCOCC1.CC(C)(C)OC(=O)N1Cc2ccccc2C[C@H]1C(=O)O.O=C([C@@H]1Cc2ccccc2CN1)N1CCOCC1.c1ccc2c(c1)CN[C@H](CN1CCOCC1)C2. The van der Waals surface area contributed by atoms with E-state index in [1.165, 1.54) is 27.2 Å². The van der Waals surface area contributed by atoms with Gasteiger partial charge in [0.05, 0.1) is 58.8 Å². The van der Waals surface area contributed by atoms with Gasteiger partial charge in [-0.3, -0.25) is 24.3 Å². The molecule has 80 heavy (non-hydrogen) atoms. The Bertz CT molecular complexity index is 2730. The number of nitrogens with one attached hydrogen (secondary N) is 2. The Morgan fingerprint density at radius 1 is 0.487 bits per heavy atom. The van der Waals surface area contributed by atoms with Gasteiger partial charge < -0.3 is 49.2 Å². The van der Waals surface area contributed by atoms with Crippen LogP contribution in [-0.4, -0.2) is 180 Å². The van der Waals surface area contributed by atoms with Crippen molar-refractivity contribution in [2.75, 3.05) is 85.5 Å². The van der Waals surface area contributed by atoms with E-state index in [1.807, 2.05) is 86.3 Å². The molecule has 4 aromatic rings. The zero-order valence-corrected chi connectivity index (χ0v) is 47.7. The molecule has 0 aliphatic carbocycles. The predicted molar refractivity (Wildman–Crippen MR) is 303 cm³/mol. The minimum absolute atomic E-state index is 0.0244. The van der Waals surface area contributed by atoms with Crippen molar-refractivity contribution < 1.29 is 52.8 Å². The van der Waals surface area contributed by atoms with E-state index in [2.05, 4.69) is 51.9 Å². The molecule has 7 heterocycles. The van der Waals surface area contributed by atoms with Crippen LogP contribution >= 0.6 is 0 Å². The number of amides is 4. The van der Waals surface area contributed by atoms with Crippen LogP contribution in [0, 0.1) is 0 Å². The molecule has 18 heteroatoms. The van der Waals surface area contributed by atoms with Gasteiger partial charge in [-0.25, -0.2) is 14.4 Å². The lowest BCUT2D eigenvalue weighted by Gasteiger charge is -2.39. The van der Waals surface area contributed by atoms with Crippen LogP contribution < -0.4 is 10.6 Å². The van der Waals surface area contributed by atoms with Gasteiger partial charge in [0.2, 0.25) is 11.8 Å². The van der Waals surface area contributed by atoms with E-state index in [4.69, 9.17) is 23.7 Å². The van der Waals surface area contributed by atoms with E-state index in [0.717, 1.165) is 94.1 Å². The first-order chi connectivity index (χ1) is 38.4. The molecule has 0 unspecified atom stereocenters. The van der Waals surface area contributed by atoms with E-state index in [0.29, 0.717) is 64.9 Å². The van der Waals surface area contributed by atoms with Crippen molar-refractivity contribution in [3.05, 3.63) is 142 Å². The van der Waals surface area contributed by atoms with Crippen molar-refractivity contribution in [2.45, 2.75) is 129 Å². The normalized spacial score (nSPS) is 21.8. The van der Waals surface area contributed by atoms with Gasteiger partial charge >= 0.3 is 18.2 Å². The molecule has 4 atom stereocenters. The molecule has 3 fully saturated rings. The van der Waals surface area contributed by atoms with E-state index in [-0.39, 0.29) is 24.4 Å². The molecule has 0 radical (unpaired) electrons. The minimum Gasteiger partial charge on any atom is -0.480 e. The molecule has 7 aliphatic heterocycles. The number of carbonyl (C=O) groups excluding carboxylic acids is 4. The largest absolute Gasteiger partial charge is 0.480 e. The molecule has 0 saturated carbocycles. The summed E-state index contributed by atoms with van der Waals surface area (Å²) in [6.07, 6.45) is 1.77. The minimum atomic E-state index is -1.01. The summed E-state index contributed by atoms with van der Waals surface area (Å²) in [6, 6.07) is 31.8. The average molecular weight is 1100 g/mol. The summed E-state index contributed by atoms with van der Waals surface area (Å²) in [7, 11) is 0. The molecular weight excluding hydrogens is 1020 g/mol. The number of benzene rings is 4. The average Bonchev–Trinajstić information content (AvgIpc) is 3.48. The first kappa shape index (κ1) is 59.7. The molecule has 432 valence electrons. The van der Waals surface area contributed by atoms with Crippen molar-refractivity contribution in [3.63, 3.8) is 0 Å². The summed E-state index contributed by atoms with van der Waals surface area (Å²) in [5.41, 5.74) is 8.48. The van der Waals surface area contributed by atoms with E-state index >= 15 is 0 Å². The maximum Gasteiger partial charge on any atom is 0.411 e. The Morgan fingerprint density at radius 3 is 1.32 bits per heavy atom. The van der Waals surface area contributed by atoms with E-state index in [9.17, 15) is 29.1 Å². The number of ether oxygens (including phenoxy) is 5. The number of nitrogens with zero attached hydrogens (tertiary/aromatic N) is 5. The maximum atomic E-state index is 13.1. The first-order valence-electron chi connectivity index (χ1n) is 28.4. The number of carboxylic acid groups (broad SMARTS) is 1. The van der Waals surface area contributed by atoms with Crippen LogP contribution in [0.2, 0.25) is 0 Å². The van der Waals surface area contributed by atoms with Crippen LogP contribution in [0.5, 0.6) is 0 Å². The summed E-state index contributed by atoms with van der Waals surface area (Å²) in [6.45, 7) is 23.4. The summed E-state index contributed by atoms with van der Waals surface area (Å²) < 4.78 is 26.8. The monoisotopic (exact) mass is 1100 g/mol. The van der Waals surface area contributed by atoms with Crippen molar-refractivity contribution in [2.24, 2.45) is 0 Å². The highest BCUT2D eigenvalue weighted by Crippen LogP contribution is 2.28. The quantitative estimate of drug-likeness (QED) is 0.204. The molecule has 0 spiro atoms. The van der Waals surface area contributed by atoms with Crippen molar-refractivity contribution in [1.82, 2.24) is 35.1 Å². The molecule has 4 aromatic carbocycles. The molecule has 4 amide bonds. The number of rotatable bonds is 5. The van der Waals surface area contributed by atoms with Crippen LogP contribution in [0.1, 0.15) is 86.1 Å². The number of fused-ring (bicyclic) bond motifs is 4. The van der Waals surface area contributed by atoms with Gasteiger partial charge in [0, 0.05) is 77.8 Å². The topological polar surface area (TPSA) is 192 Å². The standard InChI is InChI=1S/C19H26N2O4.C15H19NO4.C14H18N2O2.C14H20N2O/c1-19(2,3)25-18(23)21-13-15-7-5-4-6-14(15)12-16(21)17(22)20-8-10-24-11-9-20;1-15(2,3)20-14(19)16-9-11-7-5-4-6-10(11)8-12(16)13(17)18;17-14(16-5-7-18-8-6-16)13-9-11-3-1-2-4-12(11)10-15-13;1-2-4-13-10-15-14(9-12(13)3-1)11-16-5-7-17-8-6-16/h4-7,16H,8-13H2,1-3H3;4-7,12H,8-9H2,1-3H3,(H,17,18);1-4,13,15H,5-10H2;1-4,14-15H,5-11H2/t16-;12-;13-;14-/m0000/s1. The smallest absolute Gasteiger partial charge is 0.411 e. The molecule has 11 rings (SSSR count). The Morgan fingerprint density at radius 2 is 0.863 bits per heavy atom. The van der Waals surface area contributed by atoms with Crippen molar-refractivity contribution >= 4 is 30.0 Å². The third kappa shape index (κ3) is 16.8. The molecule has 3 N–H and O–H groups in total. The van der Waals surface area contributed by atoms with Gasteiger partial charge in [-0.15, -0.1) is 0 Å². The Kier molecular flexibility index (Phi) is 20.8. The Labute approximate surface area is 472 Å². The van der Waals surface area contributed by atoms with Gasteiger partial charge in [0.15, 0.2) is 0 Å². The summed E-state index contributed by atoms with van der Waals surface area (Å²) >= 11 is 0. The zero-order chi connectivity index (χ0) is 56.8. The van der Waals surface area contributed by atoms with Crippen molar-refractivity contribution in [1.29, 1.82) is 0 Å². The molecule has 3 saturated heterocycles. The zero-order valence-electron chi connectivity index (χ0n) is 47.7. The second-order valence-electron chi connectivity index (χ2n) is 23.3. The number of hydrogen-bond acceptors (Lipinski definition) is 13. The Hall–Kier alpha value is -6.41. The van der Waals surface area contributed by atoms with Crippen LogP contribution in [0.4, 0.5) is 9.59 Å². The molecule has 18 nitrogen and oxygen atoms in total. The lowest BCUT2D eigenvalue weighted by molar-refractivity contribution is -0.144. The van der Waals surface area contributed by atoms with Gasteiger partial charge in [-0.1, -0.05) is 97.1 Å². The predicted octanol–water partition coefficient (Wildman–Crippen LogP) is 6.23. The fourth-order valence-electron chi connectivity index (χ4n) is 10.9. The summed E-state index contributed by atoms with van der Waals surface area (Å²) in [5.74, 6) is -0.818. The number of carboxylic acids is 1. The van der Waals surface area contributed by atoms with Gasteiger partial charge in [-0.2, -0.15) is 0 Å². The summed E-state index contributed by atoms with van der Waals surface area (Å²) in [4.78, 5) is 70.8. The van der Waals surface area contributed by atoms with Crippen LogP contribution in [-0.2, 0) is 89.9 Å². The second-order valence-corrected chi connectivity index (χ2v) is 23.3. The van der Waals surface area contributed by atoms with Crippen LogP contribution in [0.3, 0.4) is 0 Å². The second kappa shape index (κ2) is 27.8. The third-order valence-corrected chi connectivity index (χ3v) is 15.1. The molecule has 7 aliphatic rings.